The number of rotatable bonds is 3. The molecule has 0 radical (unpaired) electrons. The van der Waals surface area contributed by atoms with Gasteiger partial charge in [-0.1, -0.05) is 0 Å². The fourth-order valence-electron chi connectivity index (χ4n) is 2.50. The molecule has 0 spiro atoms. The van der Waals surface area contributed by atoms with E-state index in [1.165, 1.54) is 12.0 Å². The van der Waals surface area contributed by atoms with Crippen molar-refractivity contribution in [1.29, 1.82) is 0 Å². The summed E-state index contributed by atoms with van der Waals surface area (Å²) in [5.74, 6) is 0.977. The van der Waals surface area contributed by atoms with E-state index in [1.54, 1.807) is 0 Å². The van der Waals surface area contributed by atoms with Crippen molar-refractivity contribution >= 4 is 5.82 Å². The summed E-state index contributed by atoms with van der Waals surface area (Å²) in [5, 5.41) is 8.60. The van der Waals surface area contributed by atoms with Crippen LogP contribution in [0.2, 0.25) is 0 Å². The Balaban J connectivity index is 2.27. The summed E-state index contributed by atoms with van der Waals surface area (Å²) in [6.07, 6.45) is 1.17. The zero-order chi connectivity index (χ0) is 13.3. The van der Waals surface area contributed by atoms with Crippen molar-refractivity contribution in [2.45, 2.75) is 32.9 Å². The fraction of sp³-hybridized carbons (Fsp3) is 0.692. The molecule has 0 amide bonds. The van der Waals surface area contributed by atoms with E-state index in [-0.39, 0.29) is 0 Å². The maximum Gasteiger partial charge on any atom is 0.156 e. The number of nitrogens with two attached hydrogens (primary N) is 1. The van der Waals surface area contributed by atoms with E-state index in [9.17, 15) is 0 Å². The van der Waals surface area contributed by atoms with Crippen molar-refractivity contribution in [3.8, 4) is 0 Å². The molecule has 2 rings (SSSR count). The molecule has 100 valence electrons. The van der Waals surface area contributed by atoms with Crippen LogP contribution in [0.5, 0.6) is 0 Å². The number of anilines is 1. The summed E-state index contributed by atoms with van der Waals surface area (Å²) in [5.41, 5.74) is 9.17. The van der Waals surface area contributed by atoms with Gasteiger partial charge in [-0.2, -0.15) is 5.10 Å². The third-order valence-electron chi connectivity index (χ3n) is 3.96. The topological polar surface area (TPSA) is 58.3 Å². The van der Waals surface area contributed by atoms with Crippen LogP contribution in [0.3, 0.4) is 0 Å². The number of hydrogen-bond acceptors (Lipinski definition) is 5. The largest absolute Gasteiger partial charge is 0.353 e. The molecule has 1 aliphatic rings. The van der Waals surface area contributed by atoms with Crippen LogP contribution >= 0.6 is 0 Å². The minimum atomic E-state index is 0.528. The Bertz CT molecular complexity index is 430. The van der Waals surface area contributed by atoms with E-state index in [1.807, 2.05) is 6.92 Å². The van der Waals surface area contributed by atoms with Crippen LogP contribution in [-0.2, 0) is 6.54 Å². The average molecular weight is 249 g/mol. The molecule has 1 saturated heterocycles. The first kappa shape index (κ1) is 13.2. The lowest BCUT2D eigenvalue weighted by molar-refractivity contribution is 0.315. The second-order valence-electron chi connectivity index (χ2n) is 5.27. The first-order chi connectivity index (χ1) is 8.54. The third kappa shape index (κ3) is 2.33. The smallest absolute Gasteiger partial charge is 0.156 e. The van der Waals surface area contributed by atoms with Gasteiger partial charge in [0.15, 0.2) is 5.82 Å². The van der Waals surface area contributed by atoms with Gasteiger partial charge in [0.1, 0.15) is 0 Å². The van der Waals surface area contributed by atoms with Crippen molar-refractivity contribution in [3.63, 3.8) is 0 Å². The summed E-state index contributed by atoms with van der Waals surface area (Å²) in [6, 6.07) is 0.596. The summed E-state index contributed by atoms with van der Waals surface area (Å²) in [6.45, 7) is 6.64. The van der Waals surface area contributed by atoms with Crippen molar-refractivity contribution in [1.82, 2.24) is 15.1 Å². The standard InChI is InChI=1S/C13H23N5/c1-9-10(2)15-16-13(12(9)7-14)18-6-5-11(8-18)17(3)4/h11H,5-8,14H2,1-4H3. The van der Waals surface area contributed by atoms with Gasteiger partial charge in [-0.05, 0) is 39.9 Å². The second-order valence-corrected chi connectivity index (χ2v) is 5.27. The van der Waals surface area contributed by atoms with E-state index in [2.05, 4.69) is 41.0 Å². The monoisotopic (exact) mass is 249 g/mol. The van der Waals surface area contributed by atoms with Crippen LogP contribution in [0.1, 0.15) is 23.2 Å². The molecule has 0 aliphatic carbocycles. The molecule has 0 aromatic carbocycles. The van der Waals surface area contributed by atoms with E-state index >= 15 is 0 Å². The second kappa shape index (κ2) is 5.20. The van der Waals surface area contributed by atoms with Crippen LogP contribution in [0.25, 0.3) is 0 Å². The lowest BCUT2D eigenvalue weighted by Gasteiger charge is -2.23. The van der Waals surface area contributed by atoms with Gasteiger partial charge in [-0.25, -0.2) is 0 Å². The molecule has 5 nitrogen and oxygen atoms in total. The van der Waals surface area contributed by atoms with Crippen LogP contribution in [-0.4, -0.2) is 48.3 Å². The first-order valence-corrected chi connectivity index (χ1v) is 6.48. The van der Waals surface area contributed by atoms with E-state index in [4.69, 9.17) is 5.73 Å². The van der Waals surface area contributed by atoms with Crippen LogP contribution in [0.15, 0.2) is 0 Å². The fourth-order valence-corrected chi connectivity index (χ4v) is 2.50. The molecular weight excluding hydrogens is 226 g/mol. The highest BCUT2D eigenvalue weighted by molar-refractivity contribution is 5.51. The Labute approximate surface area is 109 Å². The van der Waals surface area contributed by atoms with Crippen LogP contribution in [0.4, 0.5) is 5.82 Å². The highest BCUT2D eigenvalue weighted by atomic mass is 15.3. The van der Waals surface area contributed by atoms with E-state index < -0.39 is 0 Å². The molecule has 2 heterocycles. The molecule has 1 atom stereocenters. The predicted octanol–water partition coefficient (Wildman–Crippen LogP) is 0.692. The predicted molar refractivity (Wildman–Crippen MR) is 73.7 cm³/mol. The summed E-state index contributed by atoms with van der Waals surface area (Å²) in [4.78, 5) is 4.59. The molecule has 1 unspecified atom stereocenters. The normalized spacial score (nSPS) is 19.9. The van der Waals surface area contributed by atoms with Crippen molar-refractivity contribution in [2.24, 2.45) is 5.73 Å². The summed E-state index contributed by atoms with van der Waals surface area (Å²) < 4.78 is 0. The van der Waals surface area contributed by atoms with Gasteiger partial charge < -0.3 is 15.5 Å². The molecule has 5 heteroatoms. The van der Waals surface area contributed by atoms with Gasteiger partial charge in [0.25, 0.3) is 0 Å². The number of likely N-dealkylation sites (N-methyl/N-ethyl adjacent to an activating group) is 1. The SMILES string of the molecule is Cc1nnc(N2CCC(N(C)C)C2)c(CN)c1C. The van der Waals surface area contributed by atoms with Gasteiger partial charge in [0, 0.05) is 31.2 Å². The minimum absolute atomic E-state index is 0.528. The molecular formula is C13H23N5. The van der Waals surface area contributed by atoms with E-state index in [0.717, 1.165) is 30.2 Å². The third-order valence-corrected chi connectivity index (χ3v) is 3.96. The summed E-state index contributed by atoms with van der Waals surface area (Å²) >= 11 is 0. The van der Waals surface area contributed by atoms with E-state index in [0.29, 0.717) is 12.6 Å². The lowest BCUT2D eigenvalue weighted by Crippen LogP contribution is -2.32. The Kier molecular flexibility index (Phi) is 3.82. The average Bonchev–Trinajstić information content (AvgIpc) is 2.82. The number of hydrogen-bond donors (Lipinski definition) is 1. The van der Waals surface area contributed by atoms with Gasteiger partial charge in [0.2, 0.25) is 0 Å². The highest BCUT2D eigenvalue weighted by Crippen LogP contribution is 2.26. The molecule has 1 aliphatic heterocycles. The Morgan fingerprint density at radius 3 is 2.61 bits per heavy atom. The van der Waals surface area contributed by atoms with Gasteiger partial charge in [-0.3, -0.25) is 0 Å². The maximum absolute atomic E-state index is 5.88. The Morgan fingerprint density at radius 2 is 2.06 bits per heavy atom. The molecule has 1 fully saturated rings. The van der Waals surface area contributed by atoms with Gasteiger partial charge in [0.05, 0.1) is 5.69 Å². The van der Waals surface area contributed by atoms with Gasteiger partial charge in [-0.15, -0.1) is 5.10 Å². The quantitative estimate of drug-likeness (QED) is 0.854. The zero-order valence-corrected chi connectivity index (χ0v) is 11.8. The lowest BCUT2D eigenvalue weighted by atomic mass is 10.1. The van der Waals surface area contributed by atoms with Crippen LogP contribution < -0.4 is 10.6 Å². The molecule has 1 aromatic rings. The molecule has 2 N–H and O–H groups in total. The van der Waals surface area contributed by atoms with Crippen molar-refractivity contribution in [3.05, 3.63) is 16.8 Å². The minimum Gasteiger partial charge on any atom is -0.353 e. The van der Waals surface area contributed by atoms with Crippen LogP contribution in [0, 0.1) is 13.8 Å². The zero-order valence-electron chi connectivity index (χ0n) is 11.8. The first-order valence-electron chi connectivity index (χ1n) is 6.48. The summed E-state index contributed by atoms with van der Waals surface area (Å²) in [7, 11) is 4.26. The van der Waals surface area contributed by atoms with Gasteiger partial charge >= 0.3 is 0 Å². The Morgan fingerprint density at radius 1 is 1.33 bits per heavy atom. The number of nitrogens with zero attached hydrogens (tertiary/aromatic N) is 4. The van der Waals surface area contributed by atoms with Crippen molar-refractivity contribution in [2.75, 3.05) is 32.1 Å². The number of aryl methyl sites for hydroxylation is 1. The maximum atomic E-state index is 5.88. The number of aromatic nitrogens is 2. The Hall–Kier alpha value is -1.20. The highest BCUT2D eigenvalue weighted by Gasteiger charge is 2.27. The molecule has 1 aromatic heterocycles. The molecule has 18 heavy (non-hydrogen) atoms. The molecule has 0 bridgehead atoms. The molecule has 0 saturated carbocycles. The van der Waals surface area contributed by atoms with Crippen molar-refractivity contribution < 1.29 is 0 Å².